The second-order valence-corrected chi connectivity index (χ2v) is 6.65. The van der Waals surface area contributed by atoms with Gasteiger partial charge in [0, 0.05) is 6.04 Å². The standard InChI is InChI=1S/C15H26NO3P/c1-4-11-18-20(17,19-12-5-2)16-14(3)13-15-9-7-6-8-10-15/h6-10,14H,4-5,11-13H2,1-3H3,(H,16,17). The second-order valence-electron chi connectivity index (χ2n) is 4.88. The molecule has 1 rings (SSSR count). The van der Waals surface area contributed by atoms with Gasteiger partial charge in [-0.2, -0.15) is 0 Å². The fourth-order valence-electron chi connectivity index (χ4n) is 1.82. The van der Waals surface area contributed by atoms with E-state index in [4.69, 9.17) is 9.05 Å². The SMILES string of the molecule is CCCOP(=O)(NC(C)Cc1ccccc1)OCCC. The Balaban J connectivity index is 2.56. The van der Waals surface area contributed by atoms with Crippen molar-refractivity contribution in [1.29, 1.82) is 0 Å². The summed E-state index contributed by atoms with van der Waals surface area (Å²) in [6, 6.07) is 10.1. The van der Waals surface area contributed by atoms with E-state index in [0.717, 1.165) is 19.3 Å². The Morgan fingerprint density at radius 3 is 2.15 bits per heavy atom. The van der Waals surface area contributed by atoms with Gasteiger partial charge in [0.05, 0.1) is 13.2 Å². The Labute approximate surface area is 122 Å². The average molecular weight is 299 g/mol. The highest BCUT2D eigenvalue weighted by molar-refractivity contribution is 7.51. The zero-order valence-corrected chi connectivity index (χ0v) is 13.6. The highest BCUT2D eigenvalue weighted by Gasteiger charge is 2.26. The molecule has 1 N–H and O–H groups in total. The van der Waals surface area contributed by atoms with Gasteiger partial charge in [0.1, 0.15) is 0 Å². The lowest BCUT2D eigenvalue weighted by Gasteiger charge is -2.23. The average Bonchev–Trinajstić information content (AvgIpc) is 2.44. The summed E-state index contributed by atoms with van der Waals surface area (Å²) in [5.41, 5.74) is 1.20. The predicted octanol–water partition coefficient (Wildman–Crippen LogP) is 4.17. The van der Waals surface area contributed by atoms with Crippen molar-refractivity contribution < 1.29 is 13.6 Å². The predicted molar refractivity (Wildman–Crippen MR) is 82.8 cm³/mol. The number of benzene rings is 1. The van der Waals surface area contributed by atoms with Crippen molar-refractivity contribution in [2.24, 2.45) is 0 Å². The summed E-state index contributed by atoms with van der Waals surface area (Å²) in [5.74, 6) is 0. The fraction of sp³-hybridized carbons (Fsp3) is 0.600. The van der Waals surface area contributed by atoms with E-state index < -0.39 is 7.75 Å². The van der Waals surface area contributed by atoms with Crippen LogP contribution in [0.2, 0.25) is 0 Å². The number of nitrogens with one attached hydrogen (secondary N) is 1. The summed E-state index contributed by atoms with van der Waals surface area (Å²) in [5, 5.41) is 3.02. The van der Waals surface area contributed by atoms with E-state index in [1.807, 2.05) is 39.0 Å². The number of hydrogen-bond donors (Lipinski definition) is 1. The van der Waals surface area contributed by atoms with E-state index in [1.165, 1.54) is 5.56 Å². The first kappa shape index (κ1) is 17.4. The Morgan fingerprint density at radius 1 is 1.10 bits per heavy atom. The molecule has 0 amide bonds. The summed E-state index contributed by atoms with van der Waals surface area (Å²) >= 11 is 0. The first-order valence-electron chi connectivity index (χ1n) is 7.30. The van der Waals surface area contributed by atoms with Gasteiger partial charge in [0.2, 0.25) is 0 Å². The minimum absolute atomic E-state index is 0.0249. The van der Waals surface area contributed by atoms with Crippen LogP contribution in [0.25, 0.3) is 0 Å². The van der Waals surface area contributed by atoms with Crippen molar-refractivity contribution in [3.63, 3.8) is 0 Å². The van der Waals surface area contributed by atoms with Gasteiger partial charge in [0.25, 0.3) is 0 Å². The van der Waals surface area contributed by atoms with E-state index in [2.05, 4.69) is 17.2 Å². The van der Waals surface area contributed by atoms with Crippen LogP contribution in [0.3, 0.4) is 0 Å². The highest BCUT2D eigenvalue weighted by Crippen LogP contribution is 2.44. The lowest BCUT2D eigenvalue weighted by Crippen LogP contribution is -2.27. The molecule has 0 saturated carbocycles. The third kappa shape index (κ3) is 6.67. The van der Waals surface area contributed by atoms with Crippen LogP contribution in [0.1, 0.15) is 39.2 Å². The minimum Gasteiger partial charge on any atom is -0.297 e. The van der Waals surface area contributed by atoms with E-state index in [1.54, 1.807) is 0 Å². The Hall–Kier alpha value is -0.670. The summed E-state index contributed by atoms with van der Waals surface area (Å²) in [6.07, 6.45) is 2.41. The molecule has 114 valence electrons. The summed E-state index contributed by atoms with van der Waals surface area (Å²) in [7, 11) is -3.20. The maximum Gasteiger partial charge on any atom is 0.405 e. The molecule has 0 saturated heterocycles. The van der Waals surface area contributed by atoms with Crippen molar-refractivity contribution in [2.45, 2.75) is 46.1 Å². The molecule has 5 heteroatoms. The summed E-state index contributed by atoms with van der Waals surface area (Å²) in [4.78, 5) is 0. The van der Waals surface area contributed by atoms with Crippen molar-refractivity contribution in [3.8, 4) is 0 Å². The van der Waals surface area contributed by atoms with Crippen LogP contribution < -0.4 is 5.09 Å². The van der Waals surface area contributed by atoms with E-state index in [-0.39, 0.29) is 6.04 Å². The van der Waals surface area contributed by atoms with Crippen LogP contribution in [0.5, 0.6) is 0 Å². The Morgan fingerprint density at radius 2 is 1.65 bits per heavy atom. The molecule has 0 aromatic heterocycles. The zero-order chi connectivity index (χ0) is 14.8. The van der Waals surface area contributed by atoms with Gasteiger partial charge in [-0.1, -0.05) is 44.2 Å². The molecule has 0 aliphatic heterocycles. The molecule has 0 radical (unpaired) electrons. The molecule has 1 atom stereocenters. The Bertz CT molecular complexity index is 399. The molecule has 1 aromatic carbocycles. The summed E-state index contributed by atoms with van der Waals surface area (Å²) in [6.45, 7) is 6.83. The quantitative estimate of drug-likeness (QED) is 0.659. The van der Waals surface area contributed by atoms with E-state index in [0.29, 0.717) is 13.2 Å². The topological polar surface area (TPSA) is 47.6 Å². The van der Waals surface area contributed by atoms with Crippen molar-refractivity contribution in [1.82, 2.24) is 5.09 Å². The van der Waals surface area contributed by atoms with Crippen LogP contribution >= 0.6 is 7.75 Å². The van der Waals surface area contributed by atoms with Crippen LogP contribution in [-0.2, 0) is 20.0 Å². The van der Waals surface area contributed by atoms with Crippen LogP contribution in [0.4, 0.5) is 0 Å². The first-order valence-corrected chi connectivity index (χ1v) is 8.84. The molecule has 4 nitrogen and oxygen atoms in total. The molecule has 20 heavy (non-hydrogen) atoms. The van der Waals surface area contributed by atoms with Gasteiger partial charge in [-0.3, -0.25) is 9.05 Å². The number of rotatable bonds is 10. The summed E-state index contributed by atoms with van der Waals surface area (Å²) < 4.78 is 23.4. The third-order valence-corrected chi connectivity index (χ3v) is 4.50. The molecule has 0 spiro atoms. The van der Waals surface area contributed by atoms with Gasteiger partial charge < -0.3 is 0 Å². The van der Waals surface area contributed by atoms with Crippen molar-refractivity contribution in [2.75, 3.05) is 13.2 Å². The van der Waals surface area contributed by atoms with Gasteiger partial charge in [0.15, 0.2) is 0 Å². The van der Waals surface area contributed by atoms with Crippen molar-refractivity contribution in [3.05, 3.63) is 35.9 Å². The first-order chi connectivity index (χ1) is 9.59. The lowest BCUT2D eigenvalue weighted by atomic mass is 10.1. The van der Waals surface area contributed by atoms with Crippen LogP contribution in [0, 0.1) is 0 Å². The van der Waals surface area contributed by atoms with Crippen LogP contribution in [-0.4, -0.2) is 19.3 Å². The van der Waals surface area contributed by atoms with Gasteiger partial charge >= 0.3 is 7.75 Å². The normalized spacial score (nSPS) is 13.3. The minimum atomic E-state index is -3.20. The third-order valence-electron chi connectivity index (χ3n) is 2.69. The number of hydrogen-bond acceptors (Lipinski definition) is 3. The molecule has 1 aromatic rings. The molecule has 0 heterocycles. The molecule has 0 aliphatic rings. The molecule has 0 aliphatic carbocycles. The van der Waals surface area contributed by atoms with Crippen LogP contribution in [0.15, 0.2) is 30.3 Å². The largest absolute Gasteiger partial charge is 0.405 e. The Kier molecular flexibility index (Phi) is 8.08. The highest BCUT2D eigenvalue weighted by atomic mass is 31.2. The fourth-order valence-corrected chi connectivity index (χ4v) is 3.52. The van der Waals surface area contributed by atoms with E-state index >= 15 is 0 Å². The van der Waals surface area contributed by atoms with Crippen molar-refractivity contribution >= 4 is 7.75 Å². The maximum atomic E-state index is 12.6. The molecule has 1 unspecified atom stereocenters. The van der Waals surface area contributed by atoms with Gasteiger partial charge in [-0.25, -0.2) is 9.65 Å². The zero-order valence-electron chi connectivity index (χ0n) is 12.7. The smallest absolute Gasteiger partial charge is 0.297 e. The second kappa shape index (κ2) is 9.30. The lowest BCUT2D eigenvalue weighted by molar-refractivity contribution is 0.192. The van der Waals surface area contributed by atoms with Gasteiger partial charge in [-0.15, -0.1) is 0 Å². The van der Waals surface area contributed by atoms with E-state index in [9.17, 15) is 4.57 Å². The monoisotopic (exact) mass is 299 g/mol. The molecular weight excluding hydrogens is 273 g/mol. The molecule has 0 bridgehead atoms. The molecule has 0 fully saturated rings. The maximum absolute atomic E-state index is 12.6. The molecular formula is C15H26NO3P. The van der Waals surface area contributed by atoms with Gasteiger partial charge in [-0.05, 0) is 31.7 Å².